The molecule has 0 amide bonds. The van der Waals surface area contributed by atoms with Crippen molar-refractivity contribution in [3.8, 4) is 0 Å². The molecule has 0 aromatic rings. The zero-order valence-corrected chi connectivity index (χ0v) is 5.26. The lowest BCUT2D eigenvalue weighted by molar-refractivity contribution is -0.0166. The standard InChI is InChI=1S/C6H7F2NO/c7-6(8)1-4-3-9-10-5(4)2-6/h3-5H,1-2H2/t4-,5-/m1/s1. The van der Waals surface area contributed by atoms with Crippen LogP contribution in [-0.4, -0.2) is 18.2 Å². The highest BCUT2D eigenvalue weighted by Crippen LogP contribution is 2.41. The molecule has 0 radical (unpaired) electrons. The molecule has 0 bridgehead atoms. The summed E-state index contributed by atoms with van der Waals surface area (Å²) in [6, 6.07) is 0. The Hall–Kier alpha value is -0.670. The average Bonchev–Trinajstić information content (AvgIpc) is 2.20. The van der Waals surface area contributed by atoms with E-state index in [1.165, 1.54) is 6.21 Å². The third kappa shape index (κ3) is 0.786. The van der Waals surface area contributed by atoms with Gasteiger partial charge in [-0.2, -0.15) is 0 Å². The molecule has 56 valence electrons. The lowest BCUT2D eigenvalue weighted by atomic mass is 10.1. The van der Waals surface area contributed by atoms with Gasteiger partial charge in [-0.15, -0.1) is 0 Å². The maximum Gasteiger partial charge on any atom is 0.252 e. The lowest BCUT2D eigenvalue weighted by Crippen LogP contribution is -2.12. The van der Waals surface area contributed by atoms with Crippen LogP contribution >= 0.6 is 0 Å². The minimum Gasteiger partial charge on any atom is -0.392 e. The van der Waals surface area contributed by atoms with Crippen molar-refractivity contribution in [2.75, 3.05) is 0 Å². The van der Waals surface area contributed by atoms with E-state index in [1.807, 2.05) is 0 Å². The predicted molar refractivity (Wildman–Crippen MR) is 31.0 cm³/mol. The maximum absolute atomic E-state index is 12.5. The van der Waals surface area contributed by atoms with E-state index in [4.69, 9.17) is 4.84 Å². The van der Waals surface area contributed by atoms with Gasteiger partial charge in [0.25, 0.3) is 5.92 Å². The molecule has 0 N–H and O–H groups in total. The summed E-state index contributed by atoms with van der Waals surface area (Å²) in [6.45, 7) is 0. The third-order valence-corrected chi connectivity index (χ3v) is 1.96. The van der Waals surface area contributed by atoms with Gasteiger partial charge >= 0.3 is 0 Å². The SMILES string of the molecule is FC1(F)C[C@@H]2C=NO[C@@H]2C1. The Bertz CT molecular complexity index is 181. The molecule has 1 fully saturated rings. The smallest absolute Gasteiger partial charge is 0.252 e. The van der Waals surface area contributed by atoms with E-state index >= 15 is 0 Å². The first-order valence-electron chi connectivity index (χ1n) is 3.24. The van der Waals surface area contributed by atoms with Gasteiger partial charge in [0.15, 0.2) is 0 Å². The first-order chi connectivity index (χ1) is 4.67. The number of halogens is 2. The van der Waals surface area contributed by atoms with Crippen LogP contribution in [0.2, 0.25) is 0 Å². The highest BCUT2D eigenvalue weighted by molar-refractivity contribution is 5.63. The molecule has 10 heavy (non-hydrogen) atoms. The number of hydrogen-bond donors (Lipinski definition) is 0. The van der Waals surface area contributed by atoms with Crippen LogP contribution in [0.4, 0.5) is 8.78 Å². The second kappa shape index (κ2) is 1.68. The zero-order valence-electron chi connectivity index (χ0n) is 5.26. The summed E-state index contributed by atoms with van der Waals surface area (Å²) in [4.78, 5) is 4.70. The first-order valence-corrected chi connectivity index (χ1v) is 3.24. The van der Waals surface area contributed by atoms with E-state index in [0.717, 1.165) is 0 Å². The molecule has 0 aromatic heterocycles. The number of fused-ring (bicyclic) bond motifs is 1. The second-order valence-corrected chi connectivity index (χ2v) is 2.83. The van der Waals surface area contributed by atoms with Crippen LogP contribution < -0.4 is 0 Å². The molecular formula is C6H7F2NO. The molecule has 0 saturated heterocycles. The summed E-state index contributed by atoms with van der Waals surface area (Å²) in [5, 5.41) is 3.48. The molecule has 1 heterocycles. The average molecular weight is 147 g/mol. The van der Waals surface area contributed by atoms with Crippen LogP contribution in [0.3, 0.4) is 0 Å². The van der Waals surface area contributed by atoms with Crippen molar-refractivity contribution in [3.63, 3.8) is 0 Å². The van der Waals surface area contributed by atoms with Crippen molar-refractivity contribution < 1.29 is 13.6 Å². The summed E-state index contributed by atoms with van der Waals surface area (Å²) in [6.07, 6.45) is 0.861. The van der Waals surface area contributed by atoms with Crippen molar-refractivity contribution in [2.45, 2.75) is 24.9 Å². The van der Waals surface area contributed by atoms with Gasteiger partial charge in [0.2, 0.25) is 0 Å². The largest absolute Gasteiger partial charge is 0.392 e. The van der Waals surface area contributed by atoms with Crippen LogP contribution in [0.15, 0.2) is 5.16 Å². The number of alkyl halides is 2. The summed E-state index contributed by atoms with van der Waals surface area (Å²) < 4.78 is 25.0. The van der Waals surface area contributed by atoms with Gasteiger partial charge in [0, 0.05) is 12.3 Å². The zero-order chi connectivity index (χ0) is 7.19. The molecule has 2 aliphatic rings. The summed E-state index contributed by atoms with van der Waals surface area (Å²) in [5.74, 6) is -2.67. The minimum absolute atomic E-state index is 0.0961. The minimum atomic E-state index is -2.53. The first kappa shape index (κ1) is 6.07. The van der Waals surface area contributed by atoms with Crippen LogP contribution in [0.5, 0.6) is 0 Å². The highest BCUT2D eigenvalue weighted by atomic mass is 19.3. The fourth-order valence-electron chi connectivity index (χ4n) is 1.46. The molecule has 4 heteroatoms. The Morgan fingerprint density at radius 2 is 2.30 bits per heavy atom. The Morgan fingerprint density at radius 1 is 1.50 bits per heavy atom. The molecule has 0 unspecified atom stereocenters. The molecule has 2 nitrogen and oxygen atoms in total. The molecule has 0 spiro atoms. The molecular weight excluding hydrogens is 140 g/mol. The van der Waals surface area contributed by atoms with E-state index in [0.29, 0.717) is 0 Å². The van der Waals surface area contributed by atoms with Gasteiger partial charge in [-0.25, -0.2) is 8.78 Å². The quantitative estimate of drug-likeness (QED) is 0.507. The van der Waals surface area contributed by atoms with Crippen LogP contribution in [0.25, 0.3) is 0 Å². The number of oxime groups is 1. The predicted octanol–water partition coefficient (Wildman–Crippen LogP) is 1.42. The van der Waals surface area contributed by atoms with E-state index in [1.54, 1.807) is 0 Å². The second-order valence-electron chi connectivity index (χ2n) is 2.83. The number of rotatable bonds is 0. The van der Waals surface area contributed by atoms with Gasteiger partial charge in [-0.3, -0.25) is 0 Å². The maximum atomic E-state index is 12.5. The van der Waals surface area contributed by atoms with Crippen LogP contribution in [0, 0.1) is 5.92 Å². The molecule has 2 rings (SSSR count). The van der Waals surface area contributed by atoms with Gasteiger partial charge in [-0.1, -0.05) is 5.16 Å². The molecule has 1 aliphatic heterocycles. The normalized spacial score (nSPS) is 41.4. The third-order valence-electron chi connectivity index (χ3n) is 1.96. The Balaban J connectivity index is 2.13. The van der Waals surface area contributed by atoms with Crippen LogP contribution in [0.1, 0.15) is 12.8 Å². The molecule has 0 aromatic carbocycles. The Kier molecular flexibility index (Phi) is 1.02. The van der Waals surface area contributed by atoms with Gasteiger partial charge in [0.05, 0.1) is 12.6 Å². The fourth-order valence-corrected chi connectivity index (χ4v) is 1.46. The van der Waals surface area contributed by atoms with Crippen molar-refractivity contribution in [3.05, 3.63) is 0 Å². The van der Waals surface area contributed by atoms with Crippen molar-refractivity contribution in [1.82, 2.24) is 0 Å². The monoisotopic (exact) mass is 147 g/mol. The number of hydrogen-bond acceptors (Lipinski definition) is 2. The van der Waals surface area contributed by atoms with Crippen molar-refractivity contribution >= 4 is 6.21 Å². The fraction of sp³-hybridized carbons (Fsp3) is 0.833. The Labute approximate surface area is 56.8 Å². The van der Waals surface area contributed by atoms with E-state index < -0.39 is 5.92 Å². The topological polar surface area (TPSA) is 21.6 Å². The number of nitrogens with zero attached hydrogens (tertiary/aromatic N) is 1. The van der Waals surface area contributed by atoms with Crippen molar-refractivity contribution in [2.24, 2.45) is 11.1 Å². The van der Waals surface area contributed by atoms with E-state index in [9.17, 15) is 8.78 Å². The van der Waals surface area contributed by atoms with Gasteiger partial charge < -0.3 is 4.84 Å². The lowest BCUT2D eigenvalue weighted by Gasteiger charge is -2.06. The van der Waals surface area contributed by atoms with Gasteiger partial charge in [-0.05, 0) is 0 Å². The van der Waals surface area contributed by atoms with E-state index in [-0.39, 0.29) is 24.9 Å². The van der Waals surface area contributed by atoms with Crippen molar-refractivity contribution in [1.29, 1.82) is 0 Å². The molecule has 1 aliphatic carbocycles. The van der Waals surface area contributed by atoms with E-state index in [2.05, 4.69) is 5.16 Å². The summed E-state index contributed by atoms with van der Waals surface area (Å²) >= 11 is 0. The molecule has 1 saturated carbocycles. The molecule has 2 atom stereocenters. The van der Waals surface area contributed by atoms with Gasteiger partial charge in [0.1, 0.15) is 6.10 Å². The summed E-state index contributed by atoms with van der Waals surface area (Å²) in [5.41, 5.74) is 0. The van der Waals surface area contributed by atoms with Crippen LogP contribution in [-0.2, 0) is 4.84 Å². The Morgan fingerprint density at radius 3 is 3.00 bits per heavy atom. The highest BCUT2D eigenvalue weighted by Gasteiger charge is 2.49. The summed E-state index contributed by atoms with van der Waals surface area (Å²) in [7, 11) is 0.